The van der Waals surface area contributed by atoms with Gasteiger partial charge in [-0.2, -0.15) is 4.31 Å². The Labute approximate surface area is 151 Å². The number of nitrogens with zero attached hydrogens (tertiary/aromatic N) is 1. The zero-order chi connectivity index (χ0) is 15.7. The molecule has 4 nitrogen and oxygen atoms in total. The van der Waals surface area contributed by atoms with Gasteiger partial charge in [-0.25, -0.2) is 8.42 Å². The number of hydrogen-bond acceptors (Lipinski definition) is 3. The lowest BCUT2D eigenvalue weighted by atomic mass is 10.1. The highest BCUT2D eigenvalue weighted by atomic mass is 79.9. The number of sulfonamides is 1. The van der Waals surface area contributed by atoms with E-state index in [1.807, 2.05) is 24.3 Å². The minimum absolute atomic E-state index is 0. The summed E-state index contributed by atoms with van der Waals surface area (Å²) in [5.74, 6) is 0. The molecule has 1 aliphatic rings. The largest absolute Gasteiger partial charge is 0.317 e. The van der Waals surface area contributed by atoms with Gasteiger partial charge in [-0.05, 0) is 61.0 Å². The summed E-state index contributed by atoms with van der Waals surface area (Å²) in [6.07, 6.45) is 1.71. The molecule has 126 valence electrons. The second-order valence-corrected chi connectivity index (χ2v) is 8.57. The van der Waals surface area contributed by atoms with E-state index in [0.29, 0.717) is 4.90 Å². The summed E-state index contributed by atoms with van der Waals surface area (Å²) in [6.45, 7) is 1.74. The van der Waals surface area contributed by atoms with Crippen molar-refractivity contribution in [3.63, 3.8) is 0 Å². The Morgan fingerprint density at radius 3 is 2.39 bits per heavy atom. The molecule has 1 fully saturated rings. The Hall–Kier alpha value is -0.660. The van der Waals surface area contributed by atoms with Crippen molar-refractivity contribution >= 4 is 49.1 Å². The molecule has 0 bridgehead atoms. The standard InChI is InChI=1S/C16H19BrN2O2S.ClH/c1-19(15-6-8-18-9-7-15)22(20,21)16-5-3-12-10-14(17)4-2-13(12)11-16;/h2-5,10-11,15,18H,6-9H2,1H3;1H. The van der Waals surface area contributed by atoms with Crippen LogP contribution < -0.4 is 5.32 Å². The SMILES string of the molecule is CN(C1CCNCC1)S(=O)(=O)c1ccc2cc(Br)ccc2c1.Cl. The van der Waals surface area contributed by atoms with Gasteiger partial charge in [0, 0.05) is 17.6 Å². The van der Waals surface area contributed by atoms with Crippen molar-refractivity contribution in [3.05, 3.63) is 40.9 Å². The molecule has 3 rings (SSSR count). The molecule has 23 heavy (non-hydrogen) atoms. The number of rotatable bonds is 3. The van der Waals surface area contributed by atoms with Crippen LogP contribution in [0.4, 0.5) is 0 Å². The highest BCUT2D eigenvalue weighted by Gasteiger charge is 2.29. The fraction of sp³-hybridized carbons (Fsp3) is 0.375. The van der Waals surface area contributed by atoms with E-state index >= 15 is 0 Å². The van der Waals surface area contributed by atoms with E-state index in [2.05, 4.69) is 21.2 Å². The van der Waals surface area contributed by atoms with Gasteiger partial charge in [-0.1, -0.05) is 28.1 Å². The Kier molecular flexibility index (Phi) is 6.08. The van der Waals surface area contributed by atoms with Crippen molar-refractivity contribution < 1.29 is 8.42 Å². The molecule has 2 aromatic carbocycles. The molecule has 0 radical (unpaired) electrons. The van der Waals surface area contributed by atoms with Crippen LogP contribution in [0.5, 0.6) is 0 Å². The maximum Gasteiger partial charge on any atom is 0.243 e. The molecule has 0 aromatic heterocycles. The van der Waals surface area contributed by atoms with Crippen molar-refractivity contribution in [1.29, 1.82) is 0 Å². The number of benzene rings is 2. The van der Waals surface area contributed by atoms with Crippen molar-refractivity contribution in [2.45, 2.75) is 23.8 Å². The van der Waals surface area contributed by atoms with Crippen LogP contribution in [-0.2, 0) is 10.0 Å². The Balaban J connectivity index is 0.00000192. The molecule has 1 heterocycles. The van der Waals surface area contributed by atoms with Crippen LogP contribution in [0.1, 0.15) is 12.8 Å². The van der Waals surface area contributed by atoms with Crippen LogP contribution in [-0.4, -0.2) is 38.9 Å². The van der Waals surface area contributed by atoms with Crippen LogP contribution in [0.25, 0.3) is 10.8 Å². The third kappa shape index (κ3) is 3.88. The lowest BCUT2D eigenvalue weighted by molar-refractivity contribution is 0.296. The molecule has 0 atom stereocenters. The van der Waals surface area contributed by atoms with Crippen LogP contribution >= 0.6 is 28.3 Å². The molecule has 0 unspecified atom stereocenters. The van der Waals surface area contributed by atoms with E-state index in [4.69, 9.17) is 0 Å². The van der Waals surface area contributed by atoms with Gasteiger partial charge in [0.15, 0.2) is 0 Å². The fourth-order valence-corrected chi connectivity index (χ4v) is 4.72. The minimum atomic E-state index is -3.45. The minimum Gasteiger partial charge on any atom is -0.317 e. The van der Waals surface area contributed by atoms with Crippen molar-refractivity contribution in [3.8, 4) is 0 Å². The predicted molar refractivity (Wildman–Crippen MR) is 99.7 cm³/mol. The third-order valence-electron chi connectivity index (χ3n) is 4.27. The first-order valence-corrected chi connectivity index (χ1v) is 9.60. The molecular weight excluding hydrogens is 400 g/mol. The lowest BCUT2D eigenvalue weighted by Gasteiger charge is -2.30. The summed E-state index contributed by atoms with van der Waals surface area (Å²) in [5.41, 5.74) is 0. The van der Waals surface area contributed by atoms with Gasteiger partial charge < -0.3 is 5.32 Å². The molecule has 1 N–H and O–H groups in total. The van der Waals surface area contributed by atoms with E-state index in [-0.39, 0.29) is 18.4 Å². The Bertz CT molecular complexity index is 792. The number of fused-ring (bicyclic) bond motifs is 1. The van der Waals surface area contributed by atoms with E-state index in [9.17, 15) is 8.42 Å². The first-order valence-electron chi connectivity index (χ1n) is 7.36. The Morgan fingerprint density at radius 2 is 1.70 bits per heavy atom. The van der Waals surface area contributed by atoms with E-state index in [0.717, 1.165) is 41.2 Å². The summed E-state index contributed by atoms with van der Waals surface area (Å²) in [6, 6.07) is 11.2. The first-order chi connectivity index (χ1) is 10.5. The van der Waals surface area contributed by atoms with Crippen LogP contribution in [0.15, 0.2) is 45.8 Å². The van der Waals surface area contributed by atoms with Gasteiger partial charge in [-0.15, -0.1) is 12.4 Å². The average Bonchev–Trinajstić information content (AvgIpc) is 2.54. The van der Waals surface area contributed by atoms with Gasteiger partial charge in [0.05, 0.1) is 4.90 Å². The van der Waals surface area contributed by atoms with Gasteiger partial charge >= 0.3 is 0 Å². The molecule has 0 amide bonds. The number of hydrogen-bond donors (Lipinski definition) is 1. The smallest absolute Gasteiger partial charge is 0.243 e. The number of piperidine rings is 1. The van der Waals surface area contributed by atoms with E-state index in [1.54, 1.807) is 19.2 Å². The quantitative estimate of drug-likeness (QED) is 0.829. The topological polar surface area (TPSA) is 49.4 Å². The fourth-order valence-electron chi connectivity index (χ4n) is 2.89. The number of nitrogens with one attached hydrogen (secondary N) is 1. The van der Waals surface area contributed by atoms with E-state index in [1.165, 1.54) is 4.31 Å². The molecule has 7 heteroatoms. The van der Waals surface area contributed by atoms with Crippen molar-refractivity contribution in [2.24, 2.45) is 0 Å². The molecule has 0 spiro atoms. The second kappa shape index (κ2) is 7.49. The van der Waals surface area contributed by atoms with Crippen LogP contribution in [0, 0.1) is 0 Å². The second-order valence-electron chi connectivity index (χ2n) is 5.66. The average molecular weight is 420 g/mol. The van der Waals surface area contributed by atoms with Crippen molar-refractivity contribution in [1.82, 2.24) is 9.62 Å². The maximum absolute atomic E-state index is 12.8. The normalized spacial score (nSPS) is 16.5. The summed E-state index contributed by atoms with van der Waals surface area (Å²) in [5, 5.41) is 5.22. The van der Waals surface area contributed by atoms with Gasteiger partial charge in [0.2, 0.25) is 10.0 Å². The van der Waals surface area contributed by atoms with Crippen molar-refractivity contribution in [2.75, 3.05) is 20.1 Å². The molecule has 0 saturated carbocycles. The van der Waals surface area contributed by atoms with Gasteiger partial charge in [-0.3, -0.25) is 0 Å². The monoisotopic (exact) mass is 418 g/mol. The summed E-state index contributed by atoms with van der Waals surface area (Å²) < 4.78 is 28.2. The first kappa shape index (κ1) is 18.7. The van der Waals surface area contributed by atoms with E-state index < -0.39 is 10.0 Å². The maximum atomic E-state index is 12.8. The molecule has 0 aliphatic carbocycles. The highest BCUT2D eigenvalue weighted by Crippen LogP contribution is 2.26. The summed E-state index contributed by atoms with van der Waals surface area (Å²) in [7, 11) is -1.75. The molecular formula is C16H20BrClN2O2S. The predicted octanol–water partition coefficient (Wildman–Crippen LogP) is 3.40. The lowest BCUT2D eigenvalue weighted by Crippen LogP contribution is -2.43. The zero-order valence-corrected chi connectivity index (χ0v) is 16.0. The molecule has 1 aliphatic heterocycles. The van der Waals surface area contributed by atoms with Gasteiger partial charge in [0.25, 0.3) is 0 Å². The summed E-state index contributed by atoms with van der Waals surface area (Å²) >= 11 is 3.43. The third-order valence-corrected chi connectivity index (χ3v) is 6.67. The Morgan fingerprint density at radius 1 is 1.09 bits per heavy atom. The highest BCUT2D eigenvalue weighted by molar-refractivity contribution is 9.10. The molecule has 1 saturated heterocycles. The molecule has 2 aromatic rings. The number of halogens is 2. The van der Waals surface area contributed by atoms with Crippen LogP contribution in [0.3, 0.4) is 0 Å². The summed E-state index contributed by atoms with van der Waals surface area (Å²) in [4.78, 5) is 0.364. The van der Waals surface area contributed by atoms with Gasteiger partial charge in [0.1, 0.15) is 0 Å². The van der Waals surface area contributed by atoms with Crippen LogP contribution in [0.2, 0.25) is 0 Å². The zero-order valence-electron chi connectivity index (χ0n) is 12.8.